The minimum atomic E-state index is -0.731. The van der Waals surface area contributed by atoms with Crippen LogP contribution in [0.4, 0.5) is 0 Å². The predicted octanol–water partition coefficient (Wildman–Crippen LogP) is 2.48. The molecule has 2 atom stereocenters. The van der Waals surface area contributed by atoms with E-state index in [2.05, 4.69) is 22.4 Å². The Hall–Kier alpha value is -1.26. The van der Waals surface area contributed by atoms with E-state index < -0.39 is 10.8 Å². The van der Waals surface area contributed by atoms with Crippen molar-refractivity contribution in [2.75, 3.05) is 12.8 Å². The van der Waals surface area contributed by atoms with Crippen LogP contribution in [0.25, 0.3) is 10.9 Å². The van der Waals surface area contributed by atoms with Gasteiger partial charge in [-0.2, -0.15) is 0 Å². The molecule has 1 heterocycles. The Morgan fingerprint density at radius 2 is 2.11 bits per heavy atom. The molecular weight excluding hydrogens is 256 g/mol. The Kier molecular flexibility index (Phi) is 5.05. The zero-order valence-electron chi connectivity index (χ0n) is 11.4. The predicted molar refractivity (Wildman–Crippen MR) is 81.6 cm³/mol. The summed E-state index contributed by atoms with van der Waals surface area (Å²) in [6, 6.07) is 10.2. The van der Waals surface area contributed by atoms with Crippen molar-refractivity contribution in [3.8, 4) is 0 Å². The molecule has 4 heteroatoms. The fourth-order valence-corrected chi connectivity index (χ4v) is 2.45. The number of pyridine rings is 1. The molecule has 1 aromatic heterocycles. The number of hydrogen-bond donors (Lipinski definition) is 1. The second kappa shape index (κ2) is 6.78. The van der Waals surface area contributed by atoms with Crippen molar-refractivity contribution in [1.29, 1.82) is 0 Å². The number of nitrogens with zero attached hydrogens (tertiary/aromatic N) is 1. The molecule has 0 saturated carbocycles. The zero-order chi connectivity index (χ0) is 13.7. The maximum Gasteiger partial charge on any atom is 0.0705 e. The topological polar surface area (TPSA) is 42.0 Å². The Labute approximate surface area is 116 Å². The third kappa shape index (κ3) is 3.85. The molecule has 1 aromatic carbocycles. The first-order valence-electron chi connectivity index (χ1n) is 6.54. The van der Waals surface area contributed by atoms with Crippen LogP contribution in [-0.4, -0.2) is 27.2 Å². The maximum atomic E-state index is 11.3. The molecule has 0 aliphatic carbocycles. The van der Waals surface area contributed by atoms with Crippen LogP contribution >= 0.6 is 0 Å². The number of para-hydroxylation sites is 1. The van der Waals surface area contributed by atoms with Gasteiger partial charge >= 0.3 is 0 Å². The lowest BCUT2D eigenvalue weighted by atomic mass is 10.1. The second-order valence-corrected chi connectivity index (χ2v) is 6.56. The molecular formula is C15H20N2OS. The highest BCUT2D eigenvalue weighted by Crippen LogP contribution is 2.15. The zero-order valence-corrected chi connectivity index (χ0v) is 12.2. The van der Waals surface area contributed by atoms with Crippen LogP contribution in [0.1, 0.15) is 18.9 Å². The average Bonchev–Trinajstić information content (AvgIpc) is 2.43. The van der Waals surface area contributed by atoms with Gasteiger partial charge in [0.05, 0.1) is 5.52 Å². The first-order valence-corrected chi connectivity index (χ1v) is 8.16. The van der Waals surface area contributed by atoms with Gasteiger partial charge in [0.15, 0.2) is 0 Å². The first-order chi connectivity index (χ1) is 9.18. The molecule has 0 radical (unpaired) electrons. The summed E-state index contributed by atoms with van der Waals surface area (Å²) in [6.07, 6.45) is 4.55. The van der Waals surface area contributed by atoms with E-state index in [0.717, 1.165) is 25.0 Å². The molecule has 0 aliphatic rings. The van der Waals surface area contributed by atoms with Crippen molar-refractivity contribution in [1.82, 2.24) is 10.3 Å². The summed E-state index contributed by atoms with van der Waals surface area (Å²) >= 11 is 0. The third-order valence-corrected chi connectivity index (χ3v) is 4.72. The van der Waals surface area contributed by atoms with E-state index >= 15 is 0 Å². The molecule has 2 unspecified atom stereocenters. The summed E-state index contributed by atoms with van der Waals surface area (Å²) in [5.41, 5.74) is 2.29. The van der Waals surface area contributed by atoms with Gasteiger partial charge < -0.3 is 5.32 Å². The van der Waals surface area contributed by atoms with E-state index in [1.54, 1.807) is 6.26 Å². The van der Waals surface area contributed by atoms with Gasteiger partial charge in [0.25, 0.3) is 0 Å². The van der Waals surface area contributed by atoms with Crippen LogP contribution in [0, 0.1) is 0 Å². The Morgan fingerprint density at radius 1 is 1.32 bits per heavy atom. The minimum absolute atomic E-state index is 0.252. The highest BCUT2D eigenvalue weighted by Gasteiger charge is 2.05. The first kappa shape index (κ1) is 14.2. The van der Waals surface area contributed by atoms with Crippen molar-refractivity contribution in [2.45, 2.75) is 25.1 Å². The van der Waals surface area contributed by atoms with Gasteiger partial charge in [0, 0.05) is 40.4 Å². The quantitative estimate of drug-likeness (QED) is 0.824. The van der Waals surface area contributed by atoms with Crippen LogP contribution in [0.2, 0.25) is 0 Å². The SMILES string of the molecule is CC(CCNCc1ccnc2ccccc12)S(C)=O. The standard InChI is InChI=1S/C15H20N2OS/c1-12(19(2)18)7-9-16-11-13-8-10-17-15-6-4-3-5-14(13)15/h3-6,8,10,12,16H,7,9,11H2,1-2H3. The number of nitrogens with one attached hydrogen (secondary N) is 1. The molecule has 0 spiro atoms. The summed E-state index contributed by atoms with van der Waals surface area (Å²) in [6.45, 7) is 3.74. The number of fused-ring (bicyclic) bond motifs is 1. The van der Waals surface area contributed by atoms with Crippen molar-refractivity contribution >= 4 is 21.7 Å². The number of aromatic nitrogens is 1. The van der Waals surface area contributed by atoms with E-state index in [9.17, 15) is 4.21 Å². The average molecular weight is 276 g/mol. The molecule has 0 saturated heterocycles. The minimum Gasteiger partial charge on any atom is -0.313 e. The summed E-state index contributed by atoms with van der Waals surface area (Å²) in [7, 11) is -0.731. The smallest absolute Gasteiger partial charge is 0.0705 e. The van der Waals surface area contributed by atoms with E-state index in [4.69, 9.17) is 0 Å². The largest absolute Gasteiger partial charge is 0.313 e. The van der Waals surface area contributed by atoms with Gasteiger partial charge in [-0.15, -0.1) is 0 Å². The highest BCUT2D eigenvalue weighted by molar-refractivity contribution is 7.84. The molecule has 0 fully saturated rings. The van der Waals surface area contributed by atoms with E-state index in [-0.39, 0.29) is 5.25 Å². The Bertz CT molecular complexity index is 566. The molecule has 0 aliphatic heterocycles. The van der Waals surface area contributed by atoms with Crippen molar-refractivity contribution in [3.05, 3.63) is 42.1 Å². The lowest BCUT2D eigenvalue weighted by Gasteiger charge is -2.10. The molecule has 2 rings (SSSR count). The molecule has 2 aromatic rings. The molecule has 0 amide bonds. The fourth-order valence-electron chi connectivity index (χ4n) is 2.00. The lowest BCUT2D eigenvalue weighted by Crippen LogP contribution is -2.21. The van der Waals surface area contributed by atoms with Gasteiger partial charge in [0.2, 0.25) is 0 Å². The highest BCUT2D eigenvalue weighted by atomic mass is 32.2. The van der Waals surface area contributed by atoms with Gasteiger partial charge in [0.1, 0.15) is 0 Å². The van der Waals surface area contributed by atoms with E-state index in [0.29, 0.717) is 0 Å². The fraction of sp³-hybridized carbons (Fsp3) is 0.400. The number of rotatable bonds is 6. The van der Waals surface area contributed by atoms with Crippen molar-refractivity contribution in [2.24, 2.45) is 0 Å². The van der Waals surface area contributed by atoms with E-state index in [1.165, 1.54) is 10.9 Å². The normalized spacial score (nSPS) is 14.4. The van der Waals surface area contributed by atoms with Crippen LogP contribution in [0.15, 0.2) is 36.5 Å². The van der Waals surface area contributed by atoms with Crippen LogP contribution in [0.3, 0.4) is 0 Å². The molecule has 1 N–H and O–H groups in total. The summed E-state index contributed by atoms with van der Waals surface area (Å²) in [5, 5.41) is 4.87. The second-order valence-electron chi connectivity index (χ2n) is 4.76. The maximum absolute atomic E-state index is 11.3. The van der Waals surface area contributed by atoms with Gasteiger partial charge in [-0.1, -0.05) is 25.1 Å². The van der Waals surface area contributed by atoms with Crippen molar-refractivity contribution in [3.63, 3.8) is 0 Å². The number of hydrogen-bond acceptors (Lipinski definition) is 3. The molecule has 0 bridgehead atoms. The lowest BCUT2D eigenvalue weighted by molar-refractivity contribution is 0.630. The molecule has 19 heavy (non-hydrogen) atoms. The van der Waals surface area contributed by atoms with Crippen LogP contribution < -0.4 is 5.32 Å². The van der Waals surface area contributed by atoms with Crippen LogP contribution in [-0.2, 0) is 17.3 Å². The van der Waals surface area contributed by atoms with Crippen molar-refractivity contribution < 1.29 is 4.21 Å². The van der Waals surface area contributed by atoms with Gasteiger partial charge in [-0.05, 0) is 30.7 Å². The summed E-state index contributed by atoms with van der Waals surface area (Å²) in [4.78, 5) is 4.35. The summed E-state index contributed by atoms with van der Waals surface area (Å²) in [5.74, 6) is 0. The molecule has 102 valence electrons. The monoisotopic (exact) mass is 276 g/mol. The van der Waals surface area contributed by atoms with Gasteiger partial charge in [-0.25, -0.2) is 0 Å². The third-order valence-electron chi connectivity index (χ3n) is 3.35. The Balaban J connectivity index is 1.93. The summed E-state index contributed by atoms with van der Waals surface area (Å²) < 4.78 is 11.3. The van der Waals surface area contributed by atoms with Gasteiger partial charge in [-0.3, -0.25) is 9.19 Å². The molecule has 3 nitrogen and oxygen atoms in total. The van der Waals surface area contributed by atoms with Crippen LogP contribution in [0.5, 0.6) is 0 Å². The van der Waals surface area contributed by atoms with E-state index in [1.807, 2.05) is 31.3 Å². The number of benzene rings is 1. The Morgan fingerprint density at radius 3 is 2.89 bits per heavy atom.